The number of imidazole rings is 1. The number of hydrogen-bond acceptors (Lipinski definition) is 7. The van der Waals surface area contributed by atoms with Gasteiger partial charge in [-0.25, -0.2) is 9.97 Å². The van der Waals surface area contributed by atoms with E-state index in [1.807, 2.05) is 37.4 Å². The first-order valence-corrected chi connectivity index (χ1v) is 12.7. The largest absolute Gasteiger partial charge is 0.481 e. The lowest BCUT2D eigenvalue weighted by molar-refractivity contribution is -0.138. The van der Waals surface area contributed by atoms with Crippen molar-refractivity contribution in [3.8, 4) is 17.3 Å². The first-order valence-electron chi connectivity index (χ1n) is 12.7. The van der Waals surface area contributed by atoms with Crippen molar-refractivity contribution < 1.29 is 19.4 Å². The number of nitrogens with zero attached hydrogens (tertiary/aromatic N) is 4. The Morgan fingerprint density at radius 1 is 1.06 bits per heavy atom. The summed E-state index contributed by atoms with van der Waals surface area (Å²) >= 11 is 0. The van der Waals surface area contributed by atoms with Crippen LogP contribution in [-0.2, 0) is 9.53 Å². The second kappa shape index (κ2) is 10.6. The second-order valence-electron chi connectivity index (χ2n) is 9.50. The molecule has 0 atom stereocenters. The average Bonchev–Trinajstić information content (AvgIpc) is 3.29. The number of aromatic nitrogens is 4. The van der Waals surface area contributed by atoms with Gasteiger partial charge in [0.15, 0.2) is 5.65 Å². The van der Waals surface area contributed by atoms with Crippen molar-refractivity contribution in [3.05, 3.63) is 30.5 Å². The maximum absolute atomic E-state index is 10.9. The van der Waals surface area contributed by atoms with E-state index in [4.69, 9.17) is 19.6 Å². The van der Waals surface area contributed by atoms with E-state index in [1.165, 1.54) is 0 Å². The number of rotatable bonds is 8. The van der Waals surface area contributed by atoms with E-state index in [-0.39, 0.29) is 12.2 Å². The Kier molecular flexibility index (Phi) is 7.13. The van der Waals surface area contributed by atoms with Crippen molar-refractivity contribution in [1.82, 2.24) is 19.9 Å². The molecule has 0 amide bonds. The quantitative estimate of drug-likeness (QED) is 0.488. The molecule has 2 aliphatic rings. The number of aromatic amines is 1. The van der Waals surface area contributed by atoms with E-state index >= 15 is 0 Å². The van der Waals surface area contributed by atoms with Gasteiger partial charge in [-0.3, -0.25) is 4.79 Å². The van der Waals surface area contributed by atoms with Crippen LogP contribution < -0.4 is 9.64 Å². The molecule has 1 saturated carbocycles. The predicted molar refractivity (Wildman–Crippen MR) is 133 cm³/mol. The van der Waals surface area contributed by atoms with Crippen LogP contribution in [0.25, 0.3) is 22.6 Å². The lowest BCUT2D eigenvalue weighted by atomic mass is 9.85. The second-order valence-corrected chi connectivity index (χ2v) is 9.50. The molecule has 2 fully saturated rings. The summed E-state index contributed by atoms with van der Waals surface area (Å²) < 4.78 is 11.9. The molecule has 1 aliphatic heterocycles. The highest BCUT2D eigenvalue weighted by Crippen LogP contribution is 2.31. The Balaban J connectivity index is 1.13. The monoisotopic (exact) mass is 479 g/mol. The van der Waals surface area contributed by atoms with Gasteiger partial charge in [0.25, 0.3) is 0 Å². The molecular weight excluding hydrogens is 446 g/mol. The summed E-state index contributed by atoms with van der Waals surface area (Å²) in [6, 6.07) is 7.83. The van der Waals surface area contributed by atoms with Crippen molar-refractivity contribution in [2.45, 2.75) is 64.1 Å². The third kappa shape index (κ3) is 5.73. The van der Waals surface area contributed by atoms with Gasteiger partial charge in [0, 0.05) is 37.3 Å². The van der Waals surface area contributed by atoms with Gasteiger partial charge in [-0.2, -0.15) is 4.98 Å². The molecule has 1 saturated heterocycles. The number of anilines is 1. The number of carboxylic acid groups (broad SMARTS) is 1. The minimum absolute atomic E-state index is 0.274. The maximum atomic E-state index is 10.9. The fourth-order valence-corrected chi connectivity index (χ4v) is 5.17. The number of aliphatic carboxylic acids is 1. The third-order valence-corrected chi connectivity index (χ3v) is 7.04. The van der Waals surface area contributed by atoms with Gasteiger partial charge >= 0.3 is 5.97 Å². The number of hydrogen-bond donors (Lipinski definition) is 2. The summed E-state index contributed by atoms with van der Waals surface area (Å²) in [5, 5.41) is 8.99. The van der Waals surface area contributed by atoms with Gasteiger partial charge < -0.3 is 24.5 Å². The summed E-state index contributed by atoms with van der Waals surface area (Å²) in [5.41, 5.74) is 2.42. The first kappa shape index (κ1) is 23.5. The van der Waals surface area contributed by atoms with Crippen molar-refractivity contribution in [2.75, 3.05) is 24.6 Å². The van der Waals surface area contributed by atoms with Crippen molar-refractivity contribution in [2.24, 2.45) is 5.92 Å². The van der Waals surface area contributed by atoms with E-state index in [1.54, 1.807) is 0 Å². The summed E-state index contributed by atoms with van der Waals surface area (Å²) in [6.45, 7) is 4.34. The standard InChI is InChI=1S/C26H33N5O4/c1-2-34-23-10-8-21-26(29-23)30-25(28-21)18-5-9-22(27-16-18)31-13-11-20(12-14-31)35-19-6-3-17(4-7-19)15-24(32)33/h5,8-10,16-17,19-20H,2-4,6-7,11-15H2,1H3,(H,32,33)(H,28,29,30)/t17-,19-. The molecule has 9 nitrogen and oxygen atoms in total. The first-order chi connectivity index (χ1) is 17.1. The molecule has 186 valence electrons. The molecular formula is C26H33N5O4. The number of ether oxygens (including phenoxy) is 2. The number of pyridine rings is 2. The summed E-state index contributed by atoms with van der Waals surface area (Å²) in [6.07, 6.45) is 8.53. The molecule has 0 aromatic carbocycles. The molecule has 3 aromatic heterocycles. The topological polar surface area (TPSA) is 113 Å². The van der Waals surface area contributed by atoms with Crippen LogP contribution in [0.15, 0.2) is 30.5 Å². The lowest BCUT2D eigenvalue weighted by Crippen LogP contribution is -2.39. The third-order valence-electron chi connectivity index (χ3n) is 7.04. The Labute approximate surface area is 204 Å². The van der Waals surface area contributed by atoms with Crippen LogP contribution in [0.1, 0.15) is 51.9 Å². The Bertz CT molecular complexity index is 1130. The van der Waals surface area contributed by atoms with Gasteiger partial charge in [0.2, 0.25) is 5.88 Å². The average molecular weight is 480 g/mol. The van der Waals surface area contributed by atoms with E-state index in [2.05, 4.69) is 19.9 Å². The number of H-pyrrole nitrogens is 1. The minimum Gasteiger partial charge on any atom is -0.481 e. The molecule has 3 aromatic rings. The van der Waals surface area contributed by atoms with E-state index in [0.717, 1.165) is 74.3 Å². The normalized spacial score (nSPS) is 21.3. The fourth-order valence-electron chi connectivity index (χ4n) is 5.17. The van der Waals surface area contributed by atoms with Gasteiger partial charge in [-0.15, -0.1) is 0 Å². The van der Waals surface area contributed by atoms with Gasteiger partial charge in [0.05, 0.1) is 18.8 Å². The van der Waals surface area contributed by atoms with E-state index < -0.39 is 5.97 Å². The fraction of sp³-hybridized carbons (Fsp3) is 0.538. The van der Waals surface area contributed by atoms with E-state index in [0.29, 0.717) is 30.5 Å². The van der Waals surface area contributed by atoms with Crippen LogP contribution in [0, 0.1) is 5.92 Å². The number of piperidine rings is 1. The predicted octanol–water partition coefficient (Wildman–Crippen LogP) is 4.44. The Hall–Kier alpha value is -3.20. The van der Waals surface area contributed by atoms with E-state index in [9.17, 15) is 4.79 Å². The zero-order chi connectivity index (χ0) is 24.2. The van der Waals surface area contributed by atoms with Gasteiger partial charge in [0.1, 0.15) is 17.2 Å². The minimum atomic E-state index is -0.686. The lowest BCUT2D eigenvalue weighted by Gasteiger charge is -2.36. The number of nitrogens with one attached hydrogen (secondary N) is 1. The SMILES string of the molecule is CCOc1ccc2nc(-c3ccc(N4CCC(O[C@H]5CC[C@H](CC(=O)O)CC5)CC4)nc3)[nH]c2n1. The molecule has 9 heteroatoms. The van der Waals surface area contributed by atoms with Crippen LogP contribution in [0.4, 0.5) is 5.82 Å². The van der Waals surface area contributed by atoms with Crippen molar-refractivity contribution >= 4 is 23.0 Å². The van der Waals surface area contributed by atoms with Crippen molar-refractivity contribution in [1.29, 1.82) is 0 Å². The summed E-state index contributed by atoms with van der Waals surface area (Å²) in [5.74, 6) is 1.92. The zero-order valence-corrected chi connectivity index (χ0v) is 20.2. The Morgan fingerprint density at radius 2 is 1.83 bits per heavy atom. The molecule has 35 heavy (non-hydrogen) atoms. The zero-order valence-electron chi connectivity index (χ0n) is 20.2. The van der Waals surface area contributed by atoms with Gasteiger partial charge in [-0.05, 0) is 69.6 Å². The molecule has 0 unspecified atom stereocenters. The summed E-state index contributed by atoms with van der Waals surface area (Å²) in [4.78, 5) is 30.3. The molecule has 0 spiro atoms. The van der Waals surface area contributed by atoms with Crippen LogP contribution >= 0.6 is 0 Å². The number of carbonyl (C=O) groups is 1. The summed E-state index contributed by atoms with van der Waals surface area (Å²) in [7, 11) is 0. The number of carboxylic acids is 1. The molecule has 1 aliphatic carbocycles. The van der Waals surface area contributed by atoms with Gasteiger partial charge in [-0.1, -0.05) is 0 Å². The highest BCUT2D eigenvalue weighted by Gasteiger charge is 2.28. The van der Waals surface area contributed by atoms with Crippen LogP contribution in [0.5, 0.6) is 5.88 Å². The van der Waals surface area contributed by atoms with Crippen molar-refractivity contribution in [3.63, 3.8) is 0 Å². The Morgan fingerprint density at radius 3 is 2.51 bits per heavy atom. The number of fused-ring (bicyclic) bond motifs is 1. The smallest absolute Gasteiger partial charge is 0.303 e. The highest BCUT2D eigenvalue weighted by molar-refractivity contribution is 5.76. The molecule has 0 bridgehead atoms. The maximum Gasteiger partial charge on any atom is 0.303 e. The van der Waals surface area contributed by atoms with Crippen LogP contribution in [0.3, 0.4) is 0 Å². The molecule has 4 heterocycles. The van der Waals surface area contributed by atoms with Crippen LogP contribution in [-0.4, -0.2) is 62.9 Å². The van der Waals surface area contributed by atoms with Crippen LogP contribution in [0.2, 0.25) is 0 Å². The molecule has 0 radical (unpaired) electrons. The molecule has 5 rings (SSSR count). The highest BCUT2D eigenvalue weighted by atomic mass is 16.5. The molecule has 2 N–H and O–H groups in total.